The molecule has 2 aromatic carbocycles. The first kappa shape index (κ1) is 17.1. The van der Waals surface area contributed by atoms with Crippen molar-refractivity contribution in [1.29, 1.82) is 0 Å². The third kappa shape index (κ3) is 2.97. The zero-order chi connectivity index (χ0) is 18.3. The van der Waals surface area contributed by atoms with Gasteiger partial charge in [-0.25, -0.2) is 13.2 Å². The molecule has 136 valence electrons. The highest BCUT2D eigenvalue weighted by atomic mass is 32.2. The quantitative estimate of drug-likeness (QED) is 0.750. The number of benzene rings is 2. The van der Waals surface area contributed by atoms with E-state index in [-0.39, 0.29) is 16.7 Å². The maximum atomic E-state index is 12.5. The van der Waals surface area contributed by atoms with Crippen molar-refractivity contribution in [2.75, 3.05) is 5.75 Å². The van der Waals surface area contributed by atoms with Crippen molar-refractivity contribution in [2.24, 2.45) is 0 Å². The predicted octanol–water partition coefficient (Wildman–Crippen LogP) is 1.86. The lowest BCUT2D eigenvalue weighted by molar-refractivity contribution is 0.141. The summed E-state index contributed by atoms with van der Waals surface area (Å²) >= 11 is 0. The molecule has 0 radical (unpaired) electrons. The van der Waals surface area contributed by atoms with E-state index in [2.05, 4.69) is 10.6 Å². The van der Waals surface area contributed by atoms with Crippen molar-refractivity contribution < 1.29 is 18.3 Å². The Morgan fingerprint density at radius 1 is 1.00 bits per heavy atom. The second kappa shape index (κ2) is 6.41. The van der Waals surface area contributed by atoms with Crippen LogP contribution < -0.4 is 10.6 Å². The number of aliphatic hydroxyl groups excluding tert-OH is 1. The van der Waals surface area contributed by atoms with Gasteiger partial charge in [0.15, 0.2) is 9.84 Å². The molecule has 0 aromatic heterocycles. The Morgan fingerprint density at radius 3 is 2.50 bits per heavy atom. The predicted molar refractivity (Wildman–Crippen MR) is 96.4 cm³/mol. The molecular weight excluding hydrogens is 352 g/mol. The highest BCUT2D eigenvalue weighted by molar-refractivity contribution is 7.91. The number of nitrogens with one attached hydrogen (secondary N) is 2. The molecule has 0 unspecified atom stereocenters. The van der Waals surface area contributed by atoms with Crippen LogP contribution in [0.25, 0.3) is 0 Å². The number of fused-ring (bicyclic) bond motifs is 2. The number of rotatable bonds is 2. The Morgan fingerprint density at radius 2 is 1.69 bits per heavy atom. The zero-order valence-corrected chi connectivity index (χ0v) is 14.9. The second-order valence-corrected chi connectivity index (χ2v) is 8.84. The molecule has 1 heterocycles. The number of hydrogen-bond acceptors (Lipinski definition) is 4. The molecule has 1 aliphatic carbocycles. The SMILES string of the molecule is O=C(N[C@@H]1CCS(=O)(=O)c2ccccc21)N[C@H]1c2ccccc2C[C@H]1O. The normalized spacial score (nSPS) is 25.8. The molecule has 0 saturated carbocycles. The molecule has 6 nitrogen and oxygen atoms in total. The van der Waals surface area contributed by atoms with Gasteiger partial charge in [-0.05, 0) is 29.2 Å². The molecule has 2 aromatic rings. The van der Waals surface area contributed by atoms with Gasteiger partial charge in [-0.1, -0.05) is 42.5 Å². The molecule has 7 heteroatoms. The number of amides is 2. The molecule has 0 fully saturated rings. The van der Waals surface area contributed by atoms with Crippen molar-refractivity contribution in [3.8, 4) is 0 Å². The molecular formula is C19H20N2O4S. The first-order chi connectivity index (χ1) is 12.5. The van der Waals surface area contributed by atoms with E-state index >= 15 is 0 Å². The maximum Gasteiger partial charge on any atom is 0.315 e. The average Bonchev–Trinajstić information content (AvgIpc) is 2.93. The van der Waals surface area contributed by atoms with Crippen LogP contribution in [-0.2, 0) is 16.3 Å². The van der Waals surface area contributed by atoms with Gasteiger partial charge in [-0.15, -0.1) is 0 Å². The minimum atomic E-state index is -3.29. The molecule has 0 spiro atoms. The van der Waals surface area contributed by atoms with E-state index in [1.54, 1.807) is 24.3 Å². The third-order valence-electron chi connectivity index (χ3n) is 5.10. The molecule has 3 N–H and O–H groups in total. The Hall–Kier alpha value is -2.38. The highest BCUT2D eigenvalue weighted by Crippen LogP contribution is 2.33. The van der Waals surface area contributed by atoms with Gasteiger partial charge < -0.3 is 15.7 Å². The van der Waals surface area contributed by atoms with Crippen molar-refractivity contribution in [1.82, 2.24) is 10.6 Å². The van der Waals surface area contributed by atoms with Gasteiger partial charge in [0.05, 0.1) is 28.8 Å². The fraction of sp³-hybridized carbons (Fsp3) is 0.316. The van der Waals surface area contributed by atoms with Crippen LogP contribution in [0.5, 0.6) is 0 Å². The smallest absolute Gasteiger partial charge is 0.315 e. The fourth-order valence-corrected chi connectivity index (χ4v) is 5.45. The van der Waals surface area contributed by atoms with Gasteiger partial charge in [0.2, 0.25) is 0 Å². The number of aliphatic hydroxyl groups is 1. The molecule has 4 rings (SSSR count). The molecule has 3 atom stereocenters. The van der Waals surface area contributed by atoms with Crippen molar-refractivity contribution in [3.05, 3.63) is 65.2 Å². The van der Waals surface area contributed by atoms with Crippen LogP contribution in [0.2, 0.25) is 0 Å². The lowest BCUT2D eigenvalue weighted by atomic mass is 10.0. The minimum absolute atomic E-state index is 0.00382. The van der Waals surface area contributed by atoms with E-state index in [0.717, 1.165) is 11.1 Å². The van der Waals surface area contributed by atoms with Gasteiger partial charge in [0.1, 0.15) is 0 Å². The van der Waals surface area contributed by atoms with Gasteiger partial charge in [0, 0.05) is 6.42 Å². The van der Waals surface area contributed by atoms with E-state index in [9.17, 15) is 18.3 Å². The summed E-state index contributed by atoms with van der Waals surface area (Å²) in [4.78, 5) is 12.8. The number of urea groups is 1. The fourth-order valence-electron chi connectivity index (χ4n) is 3.83. The molecule has 2 aliphatic rings. The van der Waals surface area contributed by atoms with E-state index in [1.807, 2.05) is 24.3 Å². The van der Waals surface area contributed by atoms with Gasteiger partial charge in [0.25, 0.3) is 0 Å². The van der Waals surface area contributed by atoms with Gasteiger partial charge >= 0.3 is 6.03 Å². The Bertz CT molecular complexity index is 958. The Kier molecular flexibility index (Phi) is 4.20. The topological polar surface area (TPSA) is 95.5 Å². The summed E-state index contributed by atoms with van der Waals surface area (Å²) in [6, 6.07) is 13.2. The van der Waals surface area contributed by atoms with Crippen LogP contribution >= 0.6 is 0 Å². The maximum absolute atomic E-state index is 12.5. The average molecular weight is 372 g/mol. The summed E-state index contributed by atoms with van der Waals surface area (Å²) in [5, 5.41) is 16.0. The highest BCUT2D eigenvalue weighted by Gasteiger charge is 2.34. The summed E-state index contributed by atoms with van der Waals surface area (Å²) in [7, 11) is -3.29. The van der Waals surface area contributed by atoms with Crippen molar-refractivity contribution in [2.45, 2.75) is 35.9 Å². The van der Waals surface area contributed by atoms with Crippen LogP contribution in [0.4, 0.5) is 4.79 Å². The number of hydrogen-bond donors (Lipinski definition) is 3. The number of carbonyl (C=O) groups excluding carboxylic acids is 1. The largest absolute Gasteiger partial charge is 0.390 e. The molecule has 0 bridgehead atoms. The van der Waals surface area contributed by atoms with Crippen molar-refractivity contribution in [3.63, 3.8) is 0 Å². The van der Waals surface area contributed by atoms with Gasteiger partial charge in [-0.2, -0.15) is 0 Å². The molecule has 26 heavy (non-hydrogen) atoms. The summed E-state index contributed by atoms with van der Waals surface area (Å²) < 4.78 is 24.4. The lowest BCUT2D eigenvalue weighted by Gasteiger charge is -2.27. The van der Waals surface area contributed by atoms with E-state index in [1.165, 1.54) is 0 Å². The number of sulfone groups is 1. The zero-order valence-electron chi connectivity index (χ0n) is 14.1. The first-order valence-electron chi connectivity index (χ1n) is 8.60. The summed E-state index contributed by atoms with van der Waals surface area (Å²) in [5.74, 6) is 0.00382. The Labute approximate surface area is 152 Å². The van der Waals surface area contributed by atoms with Crippen LogP contribution in [0.15, 0.2) is 53.4 Å². The van der Waals surface area contributed by atoms with E-state index < -0.39 is 28.0 Å². The summed E-state index contributed by atoms with van der Waals surface area (Å²) in [5.41, 5.74) is 2.56. The Balaban J connectivity index is 1.51. The lowest BCUT2D eigenvalue weighted by Crippen LogP contribution is -2.43. The van der Waals surface area contributed by atoms with Crippen LogP contribution in [0, 0.1) is 0 Å². The van der Waals surface area contributed by atoms with Crippen LogP contribution in [-0.4, -0.2) is 31.4 Å². The molecule has 2 amide bonds. The first-order valence-corrected chi connectivity index (χ1v) is 10.3. The van der Waals surface area contributed by atoms with Crippen LogP contribution in [0.3, 0.4) is 0 Å². The minimum Gasteiger partial charge on any atom is -0.390 e. The van der Waals surface area contributed by atoms with Gasteiger partial charge in [-0.3, -0.25) is 0 Å². The second-order valence-electron chi connectivity index (χ2n) is 6.76. The summed E-state index contributed by atoms with van der Waals surface area (Å²) in [6.45, 7) is 0. The third-order valence-corrected chi connectivity index (χ3v) is 6.92. The molecule has 0 saturated heterocycles. The van der Waals surface area contributed by atoms with Crippen LogP contribution in [0.1, 0.15) is 35.2 Å². The molecule has 1 aliphatic heterocycles. The standard InChI is InChI=1S/C19H20N2O4S/c22-16-11-12-5-1-2-6-13(12)18(16)21-19(23)20-15-9-10-26(24,25)17-8-4-3-7-14(15)17/h1-8,15-16,18,22H,9-11H2,(H2,20,21,23)/t15-,16-,18+/m1/s1. The van der Waals surface area contributed by atoms with E-state index in [4.69, 9.17) is 0 Å². The summed E-state index contributed by atoms with van der Waals surface area (Å²) in [6.07, 6.45) is 0.166. The van der Waals surface area contributed by atoms with E-state index in [0.29, 0.717) is 18.4 Å². The number of carbonyl (C=O) groups is 1. The monoisotopic (exact) mass is 372 g/mol. The van der Waals surface area contributed by atoms with Crippen molar-refractivity contribution >= 4 is 15.9 Å².